The van der Waals surface area contributed by atoms with Gasteiger partial charge in [-0.1, -0.05) is 29.3 Å². The highest BCUT2D eigenvalue weighted by atomic mass is 16.5. The number of rotatable bonds is 4. The minimum absolute atomic E-state index is 0.161. The lowest BCUT2D eigenvalue weighted by molar-refractivity contribution is -0.0816. The van der Waals surface area contributed by atoms with Crippen LogP contribution in [-0.4, -0.2) is 63.0 Å². The van der Waals surface area contributed by atoms with Crippen LogP contribution in [-0.2, 0) is 15.9 Å². The first-order valence-corrected chi connectivity index (χ1v) is 9.41. The second-order valence-corrected chi connectivity index (χ2v) is 7.13. The molecule has 0 radical (unpaired) electrons. The average molecular weight is 345 g/mol. The van der Waals surface area contributed by atoms with Crippen molar-refractivity contribution in [3.8, 4) is 0 Å². The normalized spacial score (nSPS) is 24.6. The van der Waals surface area contributed by atoms with Gasteiger partial charge in [0, 0.05) is 33.3 Å². The van der Waals surface area contributed by atoms with Crippen molar-refractivity contribution in [2.45, 2.75) is 45.3 Å². The summed E-state index contributed by atoms with van der Waals surface area (Å²) in [6, 6.07) is 6.74. The lowest BCUT2D eigenvalue weighted by Crippen LogP contribution is -2.53. The largest absolute Gasteiger partial charge is 0.375 e. The standard InChI is InChI=1S/C20H31N3O2/c1-15-11-16(2)13-17(12-15)6-7-22-20(21-3)23-8-10-25-19(14-23)18-5-4-9-24-18/h11-13,18-19H,4-10,14H2,1-3H3,(H,21,22). The van der Waals surface area contributed by atoms with Gasteiger partial charge in [-0.05, 0) is 38.7 Å². The minimum Gasteiger partial charge on any atom is -0.375 e. The third-order valence-corrected chi connectivity index (χ3v) is 4.96. The highest BCUT2D eigenvalue weighted by Gasteiger charge is 2.32. The molecule has 2 unspecified atom stereocenters. The summed E-state index contributed by atoms with van der Waals surface area (Å²) in [7, 11) is 1.86. The monoisotopic (exact) mass is 345 g/mol. The van der Waals surface area contributed by atoms with E-state index < -0.39 is 0 Å². The number of ether oxygens (including phenoxy) is 2. The summed E-state index contributed by atoms with van der Waals surface area (Å²) in [5, 5.41) is 3.52. The van der Waals surface area contributed by atoms with Gasteiger partial charge in [-0.25, -0.2) is 0 Å². The maximum absolute atomic E-state index is 5.94. The molecule has 5 heteroatoms. The molecule has 138 valence electrons. The molecule has 0 bridgehead atoms. The molecule has 0 spiro atoms. The van der Waals surface area contributed by atoms with Crippen molar-refractivity contribution in [2.75, 3.05) is 39.9 Å². The Kier molecular flexibility index (Phi) is 6.32. The van der Waals surface area contributed by atoms with Crippen LogP contribution in [0.25, 0.3) is 0 Å². The Balaban J connectivity index is 1.51. The van der Waals surface area contributed by atoms with Crippen molar-refractivity contribution in [1.29, 1.82) is 0 Å². The van der Waals surface area contributed by atoms with Crippen molar-refractivity contribution >= 4 is 5.96 Å². The van der Waals surface area contributed by atoms with Crippen LogP contribution in [0.1, 0.15) is 29.5 Å². The van der Waals surface area contributed by atoms with E-state index in [0.717, 1.165) is 58.1 Å². The molecule has 0 amide bonds. The van der Waals surface area contributed by atoms with Crippen LogP contribution in [0.5, 0.6) is 0 Å². The van der Waals surface area contributed by atoms with E-state index in [1.54, 1.807) is 0 Å². The third-order valence-electron chi connectivity index (χ3n) is 4.96. The van der Waals surface area contributed by atoms with E-state index in [-0.39, 0.29) is 12.2 Å². The fourth-order valence-corrected chi connectivity index (χ4v) is 3.85. The fraction of sp³-hybridized carbons (Fsp3) is 0.650. The lowest BCUT2D eigenvalue weighted by atomic mass is 10.1. The van der Waals surface area contributed by atoms with E-state index in [9.17, 15) is 0 Å². The first-order chi connectivity index (χ1) is 12.2. The molecule has 2 fully saturated rings. The molecule has 0 aliphatic carbocycles. The number of aryl methyl sites for hydroxylation is 2. The summed E-state index contributed by atoms with van der Waals surface area (Å²) >= 11 is 0. The van der Waals surface area contributed by atoms with Crippen LogP contribution < -0.4 is 5.32 Å². The van der Waals surface area contributed by atoms with Crippen molar-refractivity contribution in [1.82, 2.24) is 10.2 Å². The molecule has 2 aliphatic heterocycles. The summed E-state index contributed by atoms with van der Waals surface area (Å²) in [6.07, 6.45) is 3.66. The minimum atomic E-state index is 0.161. The van der Waals surface area contributed by atoms with Gasteiger partial charge in [0.25, 0.3) is 0 Å². The summed E-state index contributed by atoms with van der Waals surface area (Å²) in [6.45, 7) is 8.54. The van der Waals surface area contributed by atoms with Gasteiger partial charge in [-0.15, -0.1) is 0 Å². The van der Waals surface area contributed by atoms with Gasteiger partial charge in [0.05, 0.1) is 12.7 Å². The van der Waals surface area contributed by atoms with Crippen LogP contribution >= 0.6 is 0 Å². The molecule has 3 rings (SSSR count). The van der Waals surface area contributed by atoms with Gasteiger partial charge < -0.3 is 19.7 Å². The molecule has 25 heavy (non-hydrogen) atoms. The van der Waals surface area contributed by atoms with Crippen LogP contribution in [0.2, 0.25) is 0 Å². The molecular weight excluding hydrogens is 314 g/mol. The maximum Gasteiger partial charge on any atom is 0.193 e. The van der Waals surface area contributed by atoms with Gasteiger partial charge in [0.2, 0.25) is 0 Å². The molecule has 0 saturated carbocycles. The van der Waals surface area contributed by atoms with Crippen molar-refractivity contribution in [3.63, 3.8) is 0 Å². The number of benzene rings is 1. The Hall–Kier alpha value is -1.59. The lowest BCUT2D eigenvalue weighted by Gasteiger charge is -2.37. The Morgan fingerprint density at radius 1 is 1.16 bits per heavy atom. The Labute approximate surface area is 151 Å². The summed E-state index contributed by atoms with van der Waals surface area (Å²) in [5.41, 5.74) is 4.03. The SMILES string of the molecule is CN=C(NCCc1cc(C)cc(C)c1)N1CCOC(C2CCCO2)C1. The third kappa shape index (κ3) is 4.95. The second kappa shape index (κ2) is 8.68. The predicted octanol–water partition coefficient (Wildman–Crippen LogP) is 2.30. The molecule has 1 aromatic rings. The molecular formula is C20H31N3O2. The second-order valence-electron chi connectivity index (χ2n) is 7.13. The number of hydrogen-bond donors (Lipinski definition) is 1. The predicted molar refractivity (Wildman–Crippen MR) is 101 cm³/mol. The first kappa shape index (κ1) is 18.2. The van der Waals surface area contributed by atoms with E-state index in [4.69, 9.17) is 9.47 Å². The van der Waals surface area contributed by atoms with Crippen LogP contribution in [0.15, 0.2) is 23.2 Å². The zero-order valence-electron chi connectivity index (χ0n) is 15.8. The van der Waals surface area contributed by atoms with Crippen LogP contribution in [0.4, 0.5) is 0 Å². The van der Waals surface area contributed by atoms with Gasteiger partial charge in [-0.3, -0.25) is 4.99 Å². The zero-order valence-corrected chi connectivity index (χ0v) is 15.8. The summed E-state index contributed by atoms with van der Waals surface area (Å²) in [5.74, 6) is 0.968. The molecule has 0 aromatic heterocycles. The van der Waals surface area contributed by atoms with Gasteiger partial charge in [-0.2, -0.15) is 0 Å². The summed E-state index contributed by atoms with van der Waals surface area (Å²) < 4.78 is 11.7. The fourth-order valence-electron chi connectivity index (χ4n) is 3.85. The van der Waals surface area contributed by atoms with Crippen molar-refractivity contribution < 1.29 is 9.47 Å². The van der Waals surface area contributed by atoms with Gasteiger partial charge >= 0.3 is 0 Å². The maximum atomic E-state index is 5.94. The number of morpholine rings is 1. The molecule has 5 nitrogen and oxygen atoms in total. The molecule has 1 aromatic carbocycles. The zero-order chi connectivity index (χ0) is 17.6. The van der Waals surface area contributed by atoms with E-state index in [1.165, 1.54) is 16.7 Å². The van der Waals surface area contributed by atoms with Crippen molar-refractivity contribution in [2.24, 2.45) is 4.99 Å². The number of nitrogens with one attached hydrogen (secondary N) is 1. The Bertz CT molecular complexity index is 576. The quantitative estimate of drug-likeness (QED) is 0.672. The van der Waals surface area contributed by atoms with Crippen LogP contribution in [0.3, 0.4) is 0 Å². The number of aliphatic imine (C=N–C) groups is 1. The summed E-state index contributed by atoms with van der Waals surface area (Å²) in [4.78, 5) is 6.78. The van der Waals surface area contributed by atoms with Crippen LogP contribution in [0, 0.1) is 13.8 Å². The first-order valence-electron chi connectivity index (χ1n) is 9.41. The Morgan fingerprint density at radius 3 is 2.60 bits per heavy atom. The highest BCUT2D eigenvalue weighted by molar-refractivity contribution is 5.80. The van der Waals surface area contributed by atoms with E-state index in [0.29, 0.717) is 0 Å². The number of guanidine groups is 1. The molecule has 2 saturated heterocycles. The van der Waals surface area contributed by atoms with E-state index in [1.807, 2.05) is 7.05 Å². The average Bonchev–Trinajstić information content (AvgIpc) is 3.13. The topological polar surface area (TPSA) is 46.1 Å². The number of nitrogens with zero attached hydrogens (tertiary/aromatic N) is 2. The van der Waals surface area contributed by atoms with Crippen molar-refractivity contribution in [3.05, 3.63) is 34.9 Å². The molecule has 2 atom stereocenters. The highest BCUT2D eigenvalue weighted by Crippen LogP contribution is 2.21. The smallest absolute Gasteiger partial charge is 0.193 e. The molecule has 1 N–H and O–H groups in total. The Morgan fingerprint density at radius 2 is 1.92 bits per heavy atom. The molecule has 2 aliphatic rings. The van der Waals surface area contributed by atoms with E-state index >= 15 is 0 Å². The molecule has 2 heterocycles. The van der Waals surface area contributed by atoms with Gasteiger partial charge in [0.1, 0.15) is 6.10 Å². The van der Waals surface area contributed by atoms with E-state index in [2.05, 4.69) is 47.3 Å². The number of hydrogen-bond acceptors (Lipinski definition) is 3. The van der Waals surface area contributed by atoms with Gasteiger partial charge in [0.15, 0.2) is 5.96 Å².